The average Bonchev–Trinajstić information content (AvgIpc) is 3.04. The normalized spacial score (nSPS) is 14.1. The molecule has 7 heteroatoms. The lowest BCUT2D eigenvalue weighted by Crippen LogP contribution is -2.27. The maximum atomic E-state index is 12.4. The van der Waals surface area contributed by atoms with Gasteiger partial charge in [0.15, 0.2) is 9.84 Å². The number of nitrogens with zero attached hydrogens (tertiary/aromatic N) is 1. The Bertz CT molecular complexity index is 849. The Hall–Kier alpha value is -1.73. The van der Waals surface area contributed by atoms with Crippen LogP contribution in [0.2, 0.25) is 0 Å². The summed E-state index contributed by atoms with van der Waals surface area (Å²) in [6.45, 7) is 2.03. The number of carbonyl (C=O) groups is 1. The predicted octanol–water partition coefficient (Wildman–Crippen LogP) is 2.79. The molecule has 0 radical (unpaired) electrons. The third-order valence-electron chi connectivity index (χ3n) is 4.36. The molecule has 3 rings (SSSR count). The number of aryl methyl sites for hydroxylation is 2. The number of fused-ring (bicyclic) bond motifs is 1. The Morgan fingerprint density at radius 2 is 2.00 bits per heavy atom. The van der Waals surface area contributed by atoms with Crippen LogP contribution in [0, 0.1) is 0 Å². The number of hydrogen-bond acceptors (Lipinski definition) is 5. The quantitative estimate of drug-likeness (QED) is 0.839. The van der Waals surface area contributed by atoms with Crippen LogP contribution in [-0.2, 0) is 29.1 Å². The summed E-state index contributed by atoms with van der Waals surface area (Å²) in [7, 11) is -3.42. The fourth-order valence-corrected chi connectivity index (χ4v) is 5.22. The van der Waals surface area contributed by atoms with Gasteiger partial charge in [0.05, 0.1) is 26.9 Å². The van der Waals surface area contributed by atoms with Crippen LogP contribution in [0.25, 0.3) is 0 Å². The van der Waals surface area contributed by atoms with Crippen molar-refractivity contribution >= 4 is 27.1 Å². The number of amides is 1. The molecule has 1 aromatic carbocycles. The van der Waals surface area contributed by atoms with E-state index in [-0.39, 0.29) is 22.1 Å². The number of carbonyl (C=O) groups excluding carboxylic acids is 1. The number of thiazole rings is 1. The minimum atomic E-state index is -3.42. The lowest BCUT2D eigenvalue weighted by atomic mass is 10.0. The smallest absolute Gasteiger partial charge is 0.252 e. The second-order valence-corrected chi connectivity index (χ2v) is 9.50. The van der Waals surface area contributed by atoms with Crippen molar-refractivity contribution in [3.05, 3.63) is 45.4 Å². The first-order valence-electron chi connectivity index (χ1n) is 8.58. The third-order valence-corrected chi connectivity index (χ3v) is 7.36. The van der Waals surface area contributed by atoms with Gasteiger partial charge in [-0.3, -0.25) is 4.79 Å². The molecule has 0 unspecified atom stereocenters. The van der Waals surface area contributed by atoms with E-state index in [4.69, 9.17) is 0 Å². The summed E-state index contributed by atoms with van der Waals surface area (Å²) in [6.07, 6.45) is 5.28. The Balaban J connectivity index is 1.65. The van der Waals surface area contributed by atoms with Crippen LogP contribution in [0.1, 0.15) is 45.7 Å². The molecule has 0 atom stereocenters. The second-order valence-electron chi connectivity index (χ2n) is 6.09. The summed E-state index contributed by atoms with van der Waals surface area (Å²) < 4.78 is 24.3. The summed E-state index contributed by atoms with van der Waals surface area (Å²) in [5, 5.41) is 3.87. The van der Waals surface area contributed by atoms with E-state index in [0.29, 0.717) is 13.0 Å². The highest BCUT2D eigenvalue weighted by Gasteiger charge is 2.20. The first-order chi connectivity index (χ1) is 12.0. The molecular weight excluding hydrogens is 356 g/mol. The Kier molecular flexibility index (Phi) is 5.54. The van der Waals surface area contributed by atoms with Gasteiger partial charge in [-0.1, -0.05) is 19.1 Å². The predicted molar refractivity (Wildman–Crippen MR) is 99.0 cm³/mol. The van der Waals surface area contributed by atoms with Crippen LogP contribution in [0.4, 0.5) is 0 Å². The Morgan fingerprint density at radius 1 is 1.24 bits per heavy atom. The molecule has 1 aliphatic rings. The van der Waals surface area contributed by atoms with E-state index in [1.165, 1.54) is 29.5 Å². The number of rotatable bonds is 6. The van der Waals surface area contributed by atoms with Crippen molar-refractivity contribution < 1.29 is 13.2 Å². The highest BCUT2D eigenvalue weighted by atomic mass is 32.2. The van der Waals surface area contributed by atoms with Gasteiger partial charge in [0.25, 0.3) is 5.91 Å². The minimum Gasteiger partial charge on any atom is -0.352 e. The van der Waals surface area contributed by atoms with Gasteiger partial charge in [0.1, 0.15) is 0 Å². The zero-order valence-corrected chi connectivity index (χ0v) is 15.9. The summed E-state index contributed by atoms with van der Waals surface area (Å²) in [6, 6.07) is 6.36. The van der Waals surface area contributed by atoms with Crippen molar-refractivity contribution in [1.82, 2.24) is 10.3 Å². The van der Waals surface area contributed by atoms with Crippen molar-refractivity contribution in [2.75, 3.05) is 12.3 Å². The first kappa shape index (κ1) is 18.1. The van der Waals surface area contributed by atoms with E-state index in [2.05, 4.69) is 10.3 Å². The molecule has 25 heavy (non-hydrogen) atoms. The molecule has 5 nitrogen and oxygen atoms in total. The van der Waals surface area contributed by atoms with Crippen LogP contribution in [-0.4, -0.2) is 31.6 Å². The zero-order valence-electron chi connectivity index (χ0n) is 14.2. The van der Waals surface area contributed by atoms with Crippen molar-refractivity contribution in [2.45, 2.75) is 43.9 Å². The summed E-state index contributed by atoms with van der Waals surface area (Å²) in [5.41, 5.74) is 1.43. The van der Waals surface area contributed by atoms with Crippen LogP contribution < -0.4 is 5.32 Å². The standard InChI is InChI=1S/C18H22N2O3S2/c1-2-25(22,23)16-10-6-3-7-13(16)18(21)19-12-11-17-20-14-8-4-5-9-15(14)24-17/h3,6-7,10H,2,4-5,8-9,11-12H2,1H3,(H,19,21). The van der Waals surface area contributed by atoms with E-state index < -0.39 is 9.84 Å². The second kappa shape index (κ2) is 7.66. The fourth-order valence-electron chi connectivity index (χ4n) is 2.97. The minimum absolute atomic E-state index is 0.0258. The molecule has 0 fully saturated rings. The van der Waals surface area contributed by atoms with Crippen molar-refractivity contribution in [1.29, 1.82) is 0 Å². The molecule has 1 N–H and O–H groups in total. The highest BCUT2D eigenvalue weighted by Crippen LogP contribution is 2.26. The Labute approximate surface area is 152 Å². The lowest BCUT2D eigenvalue weighted by molar-refractivity contribution is 0.0951. The van der Waals surface area contributed by atoms with E-state index in [9.17, 15) is 13.2 Å². The van der Waals surface area contributed by atoms with Crippen LogP contribution in [0.5, 0.6) is 0 Å². The molecule has 134 valence electrons. The largest absolute Gasteiger partial charge is 0.352 e. The molecule has 1 aromatic heterocycles. The number of sulfone groups is 1. The van der Waals surface area contributed by atoms with Crippen LogP contribution in [0.15, 0.2) is 29.2 Å². The van der Waals surface area contributed by atoms with Crippen LogP contribution in [0.3, 0.4) is 0 Å². The molecule has 0 saturated heterocycles. The molecule has 2 aromatic rings. The highest BCUT2D eigenvalue weighted by molar-refractivity contribution is 7.91. The number of benzene rings is 1. The molecule has 0 spiro atoms. The van der Waals surface area contributed by atoms with Crippen LogP contribution >= 0.6 is 11.3 Å². The van der Waals surface area contributed by atoms with Gasteiger partial charge in [-0.25, -0.2) is 13.4 Å². The molecule has 0 aliphatic heterocycles. The van der Waals surface area contributed by atoms with Gasteiger partial charge in [-0.2, -0.15) is 0 Å². The number of hydrogen-bond donors (Lipinski definition) is 1. The zero-order chi connectivity index (χ0) is 17.9. The molecule has 0 bridgehead atoms. The van der Waals surface area contributed by atoms with Gasteiger partial charge in [0.2, 0.25) is 0 Å². The van der Waals surface area contributed by atoms with E-state index in [1.807, 2.05) is 0 Å². The number of aromatic nitrogens is 1. The molecule has 1 aliphatic carbocycles. The van der Waals surface area contributed by atoms with E-state index >= 15 is 0 Å². The number of nitrogens with one attached hydrogen (secondary N) is 1. The van der Waals surface area contributed by atoms with Gasteiger partial charge < -0.3 is 5.32 Å². The van der Waals surface area contributed by atoms with Crippen molar-refractivity contribution in [3.8, 4) is 0 Å². The monoisotopic (exact) mass is 378 g/mol. The summed E-state index contributed by atoms with van der Waals surface area (Å²) in [4.78, 5) is 18.6. The maximum Gasteiger partial charge on any atom is 0.252 e. The molecular formula is C18H22N2O3S2. The van der Waals surface area contributed by atoms with Gasteiger partial charge in [0, 0.05) is 17.8 Å². The van der Waals surface area contributed by atoms with Gasteiger partial charge >= 0.3 is 0 Å². The first-order valence-corrected chi connectivity index (χ1v) is 11.1. The van der Waals surface area contributed by atoms with Crippen molar-refractivity contribution in [3.63, 3.8) is 0 Å². The Morgan fingerprint density at radius 3 is 2.76 bits per heavy atom. The van der Waals surface area contributed by atoms with Gasteiger partial charge in [-0.05, 0) is 37.8 Å². The summed E-state index contributed by atoms with van der Waals surface area (Å²) >= 11 is 1.74. The lowest BCUT2D eigenvalue weighted by Gasteiger charge is -2.09. The van der Waals surface area contributed by atoms with Gasteiger partial charge in [-0.15, -0.1) is 11.3 Å². The topological polar surface area (TPSA) is 76.1 Å². The molecule has 0 saturated carbocycles. The molecule has 1 amide bonds. The summed E-state index contributed by atoms with van der Waals surface area (Å²) in [5.74, 6) is -0.379. The fraction of sp³-hybridized carbons (Fsp3) is 0.444. The van der Waals surface area contributed by atoms with Crippen molar-refractivity contribution in [2.24, 2.45) is 0 Å². The molecule has 1 heterocycles. The van der Waals surface area contributed by atoms with E-state index in [1.54, 1.807) is 36.5 Å². The maximum absolute atomic E-state index is 12.4. The third kappa shape index (κ3) is 4.10. The average molecular weight is 379 g/mol. The van der Waals surface area contributed by atoms with E-state index in [0.717, 1.165) is 17.8 Å². The SMILES string of the molecule is CCS(=O)(=O)c1ccccc1C(=O)NCCc1nc2c(s1)CCCC2.